The molecular formula is C15H14NO6P. The standard InChI is InChI=1S/C15H14NO6P/c17-15(18)14(23(19,20)21)9-16-10-5-1-3-7-12(10)22-13-8-4-2-6-11(13)16/h1-8,14H,9H2,(H,17,18)(H2,19,20,21). The van der Waals surface area contributed by atoms with Crippen LogP contribution in [0.3, 0.4) is 0 Å². The number of carbonyl (C=O) groups is 1. The van der Waals surface area contributed by atoms with E-state index in [0.29, 0.717) is 22.9 Å². The summed E-state index contributed by atoms with van der Waals surface area (Å²) in [4.78, 5) is 31.5. The first-order valence-electron chi connectivity index (χ1n) is 6.79. The number of carboxylic acid groups (broad SMARTS) is 1. The van der Waals surface area contributed by atoms with Crippen molar-refractivity contribution in [3.05, 3.63) is 48.5 Å². The SMILES string of the molecule is O=C(O)C(CN1c2ccccc2Oc2ccccc21)P(=O)(O)O. The topological polar surface area (TPSA) is 107 Å². The Morgan fingerprint density at radius 3 is 1.96 bits per heavy atom. The van der Waals surface area contributed by atoms with Gasteiger partial charge in [-0.25, -0.2) is 0 Å². The average Bonchev–Trinajstić information content (AvgIpc) is 2.49. The first kappa shape index (κ1) is 15.6. The van der Waals surface area contributed by atoms with Gasteiger partial charge in [0.25, 0.3) is 0 Å². The molecular weight excluding hydrogens is 321 g/mol. The van der Waals surface area contributed by atoms with Gasteiger partial charge >= 0.3 is 13.6 Å². The summed E-state index contributed by atoms with van der Waals surface area (Å²) in [7, 11) is -4.80. The van der Waals surface area contributed by atoms with Crippen LogP contribution in [0.25, 0.3) is 0 Å². The third kappa shape index (κ3) is 2.94. The lowest BCUT2D eigenvalue weighted by Gasteiger charge is -2.34. The van der Waals surface area contributed by atoms with Gasteiger partial charge in [0.05, 0.1) is 11.4 Å². The summed E-state index contributed by atoms with van der Waals surface area (Å²) in [5, 5.41) is 9.19. The molecule has 8 heteroatoms. The van der Waals surface area contributed by atoms with E-state index in [9.17, 15) is 24.3 Å². The number of nitrogens with zero attached hydrogens (tertiary/aromatic N) is 1. The molecule has 0 amide bonds. The van der Waals surface area contributed by atoms with E-state index in [4.69, 9.17) is 4.74 Å². The Morgan fingerprint density at radius 2 is 1.52 bits per heavy atom. The van der Waals surface area contributed by atoms with Crippen molar-refractivity contribution in [1.29, 1.82) is 0 Å². The molecule has 2 aromatic carbocycles. The van der Waals surface area contributed by atoms with Crippen molar-refractivity contribution in [2.45, 2.75) is 5.66 Å². The van der Waals surface area contributed by atoms with Crippen LogP contribution in [0, 0.1) is 0 Å². The quantitative estimate of drug-likeness (QED) is 0.737. The van der Waals surface area contributed by atoms with E-state index < -0.39 is 19.2 Å². The lowest BCUT2D eigenvalue weighted by molar-refractivity contribution is -0.136. The maximum Gasteiger partial charge on any atom is 0.341 e. The third-order valence-electron chi connectivity index (χ3n) is 3.58. The molecule has 1 heterocycles. The fourth-order valence-electron chi connectivity index (χ4n) is 2.48. The molecule has 0 fully saturated rings. The first-order valence-corrected chi connectivity index (χ1v) is 8.47. The van der Waals surface area contributed by atoms with Gasteiger partial charge in [0.15, 0.2) is 17.2 Å². The summed E-state index contributed by atoms with van der Waals surface area (Å²) >= 11 is 0. The molecule has 1 aliphatic heterocycles. The van der Waals surface area contributed by atoms with Gasteiger partial charge in [-0.05, 0) is 24.3 Å². The molecule has 2 aromatic rings. The predicted molar refractivity (Wildman–Crippen MR) is 83.4 cm³/mol. The highest BCUT2D eigenvalue weighted by molar-refractivity contribution is 7.53. The number of rotatable bonds is 4. The van der Waals surface area contributed by atoms with E-state index in [1.807, 2.05) is 0 Å². The van der Waals surface area contributed by atoms with Crippen molar-refractivity contribution in [2.24, 2.45) is 0 Å². The van der Waals surface area contributed by atoms with Crippen molar-refractivity contribution in [3.63, 3.8) is 0 Å². The highest BCUT2D eigenvalue weighted by Gasteiger charge is 2.39. The summed E-state index contributed by atoms with van der Waals surface area (Å²) in [6.07, 6.45) is 0. The summed E-state index contributed by atoms with van der Waals surface area (Å²) in [5.74, 6) is -0.540. The number of anilines is 2. The molecule has 7 nitrogen and oxygen atoms in total. The number of aliphatic carboxylic acids is 1. The van der Waals surface area contributed by atoms with Gasteiger partial charge in [0.2, 0.25) is 0 Å². The molecule has 3 N–H and O–H groups in total. The van der Waals surface area contributed by atoms with Crippen LogP contribution in [0.4, 0.5) is 11.4 Å². The van der Waals surface area contributed by atoms with Gasteiger partial charge in [0.1, 0.15) is 0 Å². The fourth-order valence-corrected chi connectivity index (χ4v) is 3.14. The molecule has 0 spiro atoms. The van der Waals surface area contributed by atoms with Gasteiger partial charge in [0, 0.05) is 6.54 Å². The molecule has 0 saturated carbocycles. The van der Waals surface area contributed by atoms with Crippen LogP contribution < -0.4 is 9.64 Å². The molecule has 1 unspecified atom stereocenters. The minimum atomic E-state index is -4.80. The number of hydrogen-bond acceptors (Lipinski definition) is 4. The third-order valence-corrected chi connectivity index (χ3v) is 4.77. The zero-order valence-corrected chi connectivity index (χ0v) is 12.8. The van der Waals surface area contributed by atoms with Crippen LogP contribution in [-0.2, 0) is 9.36 Å². The molecule has 0 saturated heterocycles. The van der Waals surface area contributed by atoms with Gasteiger partial charge < -0.3 is 24.5 Å². The highest BCUT2D eigenvalue weighted by Crippen LogP contribution is 2.49. The second kappa shape index (κ2) is 5.70. The lowest BCUT2D eigenvalue weighted by Crippen LogP contribution is -2.35. The molecule has 120 valence electrons. The van der Waals surface area contributed by atoms with Crippen LogP contribution in [0.15, 0.2) is 48.5 Å². The molecule has 23 heavy (non-hydrogen) atoms. The summed E-state index contributed by atoms with van der Waals surface area (Å²) in [5.41, 5.74) is -0.710. The van der Waals surface area contributed by atoms with E-state index in [2.05, 4.69) is 0 Å². The van der Waals surface area contributed by atoms with Crippen molar-refractivity contribution >= 4 is 24.9 Å². The van der Waals surface area contributed by atoms with E-state index >= 15 is 0 Å². The Morgan fingerprint density at radius 1 is 1.04 bits per heavy atom. The number of para-hydroxylation sites is 4. The Bertz CT molecular complexity index is 757. The predicted octanol–water partition coefficient (Wildman–Crippen LogP) is 2.56. The summed E-state index contributed by atoms with van der Waals surface area (Å²) < 4.78 is 17.3. The molecule has 0 aromatic heterocycles. The zero-order valence-electron chi connectivity index (χ0n) is 11.9. The number of fused-ring (bicyclic) bond motifs is 2. The van der Waals surface area contributed by atoms with Gasteiger partial charge in [-0.2, -0.15) is 0 Å². The Balaban J connectivity index is 2.08. The lowest BCUT2D eigenvalue weighted by atomic mass is 10.1. The van der Waals surface area contributed by atoms with Gasteiger partial charge in [-0.3, -0.25) is 9.36 Å². The van der Waals surface area contributed by atoms with Crippen molar-refractivity contribution in [1.82, 2.24) is 0 Å². The molecule has 0 aliphatic carbocycles. The summed E-state index contributed by atoms with van der Waals surface area (Å²) in [6, 6.07) is 13.9. The number of hydrogen-bond donors (Lipinski definition) is 3. The Labute approximate surface area is 131 Å². The molecule has 1 aliphatic rings. The molecule has 0 bridgehead atoms. The van der Waals surface area contributed by atoms with Crippen LogP contribution in [0.2, 0.25) is 0 Å². The monoisotopic (exact) mass is 335 g/mol. The molecule has 3 rings (SSSR count). The fraction of sp³-hybridized carbons (Fsp3) is 0.133. The van der Waals surface area contributed by atoms with Crippen molar-refractivity contribution < 1.29 is 29.0 Å². The maximum atomic E-state index is 11.5. The normalized spacial score (nSPS) is 14.4. The van der Waals surface area contributed by atoms with Crippen LogP contribution in [0.5, 0.6) is 11.5 Å². The van der Waals surface area contributed by atoms with Crippen LogP contribution in [0.1, 0.15) is 0 Å². The van der Waals surface area contributed by atoms with E-state index in [-0.39, 0.29) is 6.54 Å². The highest BCUT2D eigenvalue weighted by atomic mass is 31.2. The van der Waals surface area contributed by atoms with Crippen molar-refractivity contribution in [2.75, 3.05) is 11.4 Å². The van der Waals surface area contributed by atoms with Crippen LogP contribution >= 0.6 is 7.60 Å². The molecule has 0 radical (unpaired) electrons. The smallest absolute Gasteiger partial charge is 0.341 e. The maximum absolute atomic E-state index is 11.5. The van der Waals surface area contributed by atoms with Gasteiger partial charge in [-0.1, -0.05) is 24.3 Å². The molecule has 1 atom stereocenters. The Kier molecular flexibility index (Phi) is 3.85. The Hall–Kier alpha value is -2.34. The van der Waals surface area contributed by atoms with E-state index in [0.717, 1.165) is 0 Å². The van der Waals surface area contributed by atoms with Crippen molar-refractivity contribution in [3.8, 4) is 11.5 Å². The number of ether oxygens (including phenoxy) is 1. The second-order valence-electron chi connectivity index (χ2n) is 5.09. The van der Waals surface area contributed by atoms with E-state index in [1.54, 1.807) is 53.4 Å². The minimum Gasteiger partial charge on any atom is -0.481 e. The first-order chi connectivity index (χ1) is 10.9. The summed E-state index contributed by atoms with van der Waals surface area (Å²) in [6.45, 7) is -0.364. The van der Waals surface area contributed by atoms with E-state index in [1.165, 1.54) is 0 Å². The zero-order chi connectivity index (χ0) is 16.6. The largest absolute Gasteiger partial charge is 0.481 e. The van der Waals surface area contributed by atoms with Crippen LogP contribution in [-0.4, -0.2) is 33.1 Å². The number of benzene rings is 2. The average molecular weight is 335 g/mol. The van der Waals surface area contributed by atoms with Gasteiger partial charge in [-0.15, -0.1) is 0 Å². The second-order valence-corrected chi connectivity index (χ2v) is 6.89. The minimum absolute atomic E-state index is 0.364. The number of carboxylic acids is 1.